The summed E-state index contributed by atoms with van der Waals surface area (Å²) in [4.78, 5) is 0. The molecule has 1 aliphatic heterocycles. The Labute approximate surface area is 46.4 Å². The van der Waals surface area contributed by atoms with Crippen LogP contribution in [-0.2, 0) is 4.74 Å². The van der Waals surface area contributed by atoms with Crippen LogP contribution in [0.2, 0.25) is 0 Å². The van der Waals surface area contributed by atoms with Crippen LogP contribution in [0.3, 0.4) is 0 Å². The molecular formula is C4H6N2O2. The van der Waals surface area contributed by atoms with E-state index in [0.717, 1.165) is 13.2 Å². The van der Waals surface area contributed by atoms with E-state index in [-0.39, 0.29) is 0 Å². The summed E-state index contributed by atoms with van der Waals surface area (Å²) in [6.07, 6.45) is 2.88. The largest absolute Gasteiger partial charge is 0.377 e. The van der Waals surface area contributed by atoms with Crippen molar-refractivity contribution in [2.75, 3.05) is 13.2 Å². The lowest BCUT2D eigenvalue weighted by Crippen LogP contribution is -1.53. The van der Waals surface area contributed by atoms with E-state index in [1.54, 1.807) is 0 Å². The van der Waals surface area contributed by atoms with Crippen LogP contribution in [0.4, 0.5) is 0 Å². The molecule has 0 unspecified atom stereocenters. The van der Waals surface area contributed by atoms with Gasteiger partial charge in [-0.15, -0.1) is 5.10 Å². The van der Waals surface area contributed by atoms with Gasteiger partial charge < -0.3 is 9.26 Å². The molecule has 2 heterocycles. The van der Waals surface area contributed by atoms with Crippen molar-refractivity contribution in [2.24, 2.45) is 0 Å². The lowest BCUT2D eigenvalue weighted by molar-refractivity contribution is 0.393. The van der Waals surface area contributed by atoms with Crippen molar-refractivity contribution in [2.45, 2.75) is 0 Å². The Morgan fingerprint density at radius 3 is 2.25 bits per heavy atom. The lowest BCUT2D eigenvalue weighted by Gasteiger charge is -1.45. The van der Waals surface area contributed by atoms with Crippen molar-refractivity contribution in [3.63, 3.8) is 0 Å². The molecule has 0 radical (unpaired) electrons. The lowest BCUT2D eigenvalue weighted by atomic mass is 11.0. The molecule has 1 fully saturated rings. The highest BCUT2D eigenvalue weighted by Crippen LogP contribution is 1.84. The van der Waals surface area contributed by atoms with Gasteiger partial charge in [-0.3, -0.25) is 0 Å². The Kier molecular flexibility index (Phi) is 2.06. The Morgan fingerprint density at radius 1 is 1.38 bits per heavy atom. The number of hydrogen-bond acceptors (Lipinski definition) is 4. The van der Waals surface area contributed by atoms with Gasteiger partial charge in [-0.05, 0) is 0 Å². The molecule has 0 aromatic carbocycles. The van der Waals surface area contributed by atoms with Gasteiger partial charge in [-0.2, -0.15) is 0 Å². The minimum Gasteiger partial charge on any atom is -0.377 e. The molecule has 1 saturated heterocycles. The van der Waals surface area contributed by atoms with Gasteiger partial charge >= 0.3 is 0 Å². The Balaban J connectivity index is 0.0000000907. The summed E-state index contributed by atoms with van der Waals surface area (Å²) in [7, 11) is 0. The van der Waals surface area contributed by atoms with E-state index in [1.807, 2.05) is 0 Å². The predicted molar refractivity (Wildman–Crippen MR) is 25.1 cm³/mol. The summed E-state index contributed by atoms with van der Waals surface area (Å²) >= 11 is 0. The van der Waals surface area contributed by atoms with Crippen LogP contribution in [-0.4, -0.2) is 23.6 Å². The number of nitrogens with zero attached hydrogens (tertiary/aromatic N) is 2. The fraction of sp³-hybridized carbons (Fsp3) is 0.500. The highest BCUT2D eigenvalue weighted by atomic mass is 16.6. The Bertz CT molecular complexity index is 95.6. The summed E-state index contributed by atoms with van der Waals surface area (Å²) in [6, 6.07) is 0. The summed E-state index contributed by atoms with van der Waals surface area (Å²) in [5.41, 5.74) is 0. The van der Waals surface area contributed by atoms with Gasteiger partial charge in [-0.25, -0.2) is 0 Å². The van der Waals surface area contributed by atoms with Crippen molar-refractivity contribution < 1.29 is 9.26 Å². The molecule has 0 N–H and O–H groups in total. The van der Waals surface area contributed by atoms with Crippen LogP contribution in [0.15, 0.2) is 17.0 Å². The third-order valence-corrected chi connectivity index (χ3v) is 0.487. The molecule has 0 bridgehead atoms. The van der Waals surface area contributed by atoms with Crippen LogP contribution < -0.4 is 0 Å². The first-order chi connectivity index (χ1) is 4.00. The first-order valence-corrected chi connectivity index (χ1v) is 2.29. The molecule has 1 aliphatic rings. The molecule has 0 atom stereocenters. The van der Waals surface area contributed by atoms with Crippen LogP contribution in [0.1, 0.15) is 0 Å². The highest BCUT2D eigenvalue weighted by molar-refractivity contribution is 4.48. The van der Waals surface area contributed by atoms with Crippen molar-refractivity contribution in [3.8, 4) is 0 Å². The quantitative estimate of drug-likeness (QED) is 0.448. The minimum absolute atomic E-state index is 1.00. The minimum atomic E-state index is 1.00. The summed E-state index contributed by atoms with van der Waals surface area (Å²) in [5.74, 6) is 0. The number of rotatable bonds is 0. The van der Waals surface area contributed by atoms with Crippen LogP contribution >= 0.6 is 0 Å². The average Bonchev–Trinajstić information content (AvgIpc) is 2.55. The SMILES string of the molecule is C1CO1.c1conn1. The van der Waals surface area contributed by atoms with Gasteiger partial charge in [0.05, 0.1) is 19.4 Å². The van der Waals surface area contributed by atoms with E-state index in [1.165, 1.54) is 12.5 Å². The second-order valence-corrected chi connectivity index (χ2v) is 1.20. The molecule has 0 spiro atoms. The second kappa shape index (κ2) is 3.15. The van der Waals surface area contributed by atoms with E-state index in [0.29, 0.717) is 0 Å². The first kappa shape index (κ1) is 5.24. The van der Waals surface area contributed by atoms with E-state index in [9.17, 15) is 0 Å². The fourth-order valence-electron chi connectivity index (χ4n) is 0.136. The van der Waals surface area contributed by atoms with Gasteiger partial charge in [0.25, 0.3) is 0 Å². The van der Waals surface area contributed by atoms with E-state index in [4.69, 9.17) is 0 Å². The molecule has 4 heteroatoms. The maximum Gasteiger partial charge on any atom is 0.144 e. The normalized spacial score (nSPS) is 14.0. The van der Waals surface area contributed by atoms with E-state index >= 15 is 0 Å². The molecule has 2 rings (SSSR count). The first-order valence-electron chi connectivity index (χ1n) is 2.29. The molecule has 0 saturated carbocycles. The number of hydrogen-bond donors (Lipinski definition) is 0. The van der Waals surface area contributed by atoms with Crippen molar-refractivity contribution >= 4 is 0 Å². The van der Waals surface area contributed by atoms with Gasteiger partial charge in [0, 0.05) is 5.27 Å². The number of aromatic nitrogens is 2. The molecule has 0 aliphatic carbocycles. The van der Waals surface area contributed by atoms with E-state index in [2.05, 4.69) is 19.6 Å². The van der Waals surface area contributed by atoms with Crippen LogP contribution in [0.5, 0.6) is 0 Å². The molecule has 1 aromatic rings. The molecule has 0 amide bonds. The third-order valence-electron chi connectivity index (χ3n) is 0.487. The van der Waals surface area contributed by atoms with E-state index < -0.39 is 0 Å². The molecule has 44 valence electrons. The maximum atomic E-state index is 4.50. The zero-order chi connectivity index (χ0) is 5.66. The van der Waals surface area contributed by atoms with Gasteiger partial charge in [0.1, 0.15) is 6.26 Å². The smallest absolute Gasteiger partial charge is 0.144 e. The monoisotopic (exact) mass is 114 g/mol. The van der Waals surface area contributed by atoms with Crippen molar-refractivity contribution in [1.29, 1.82) is 0 Å². The summed E-state index contributed by atoms with van der Waals surface area (Å²) in [6.45, 7) is 2.00. The molecule has 8 heavy (non-hydrogen) atoms. The zero-order valence-corrected chi connectivity index (χ0v) is 4.28. The van der Waals surface area contributed by atoms with Crippen LogP contribution in [0.25, 0.3) is 0 Å². The average molecular weight is 114 g/mol. The summed E-state index contributed by atoms with van der Waals surface area (Å²) in [5, 5.41) is 6.40. The Morgan fingerprint density at radius 2 is 2.12 bits per heavy atom. The molecular weight excluding hydrogens is 108 g/mol. The standard InChI is InChI=1S/C2H2N2O.C2H4O/c1-2-5-4-3-1;1-2-3-1/h1-2H;1-2H2. The maximum absolute atomic E-state index is 4.50. The topological polar surface area (TPSA) is 51.5 Å². The molecule has 1 aromatic heterocycles. The highest BCUT2D eigenvalue weighted by Gasteiger charge is 1.94. The second-order valence-electron chi connectivity index (χ2n) is 1.20. The Hall–Kier alpha value is -0.900. The van der Waals surface area contributed by atoms with Gasteiger partial charge in [-0.1, -0.05) is 0 Å². The predicted octanol–water partition coefficient (Wildman–Crippen LogP) is 0.0862. The number of epoxide rings is 1. The van der Waals surface area contributed by atoms with Crippen molar-refractivity contribution in [1.82, 2.24) is 10.4 Å². The van der Waals surface area contributed by atoms with Gasteiger partial charge in [0.15, 0.2) is 0 Å². The van der Waals surface area contributed by atoms with Gasteiger partial charge in [0.2, 0.25) is 0 Å². The fourth-order valence-corrected chi connectivity index (χ4v) is 0.136. The zero-order valence-electron chi connectivity index (χ0n) is 4.28. The summed E-state index contributed by atoms with van der Waals surface area (Å²) < 4.78 is 8.72. The number of ether oxygens (including phenoxy) is 1. The van der Waals surface area contributed by atoms with Crippen molar-refractivity contribution in [3.05, 3.63) is 12.5 Å². The third kappa shape index (κ3) is 3.30. The van der Waals surface area contributed by atoms with Crippen LogP contribution in [0, 0.1) is 0 Å². The molecule has 4 nitrogen and oxygen atoms in total.